The number of carbonyl (C=O) groups is 2. The largest absolute Gasteiger partial charge is 0.344 e. The number of aromatic nitrogens is 5. The van der Waals surface area contributed by atoms with Gasteiger partial charge in [-0.05, 0) is 25.3 Å². The molecule has 1 aliphatic heterocycles. The number of aryl methyl sites for hydroxylation is 1. The van der Waals surface area contributed by atoms with Gasteiger partial charge < -0.3 is 15.2 Å². The minimum Gasteiger partial charge on any atom is -0.344 e. The van der Waals surface area contributed by atoms with Gasteiger partial charge in [0.25, 0.3) is 5.91 Å². The Labute approximate surface area is 184 Å². The van der Waals surface area contributed by atoms with E-state index in [0.29, 0.717) is 53.9 Å². The standard InChI is InChI=1S/C22H24N8O2/c1-13(2)18(22(32)30-6-4-14(8-23)5-7-30)28-21(31)16-10-24-20-19(16)27-17(11-25-20)15-9-26-29(3)12-15/h9-12,14,18H,1,4-7H2,2-3H3,(H,24,25)(H,28,31)/t18-/m1/s1. The predicted molar refractivity (Wildman–Crippen MR) is 117 cm³/mol. The first kappa shape index (κ1) is 21.2. The lowest BCUT2D eigenvalue weighted by atomic mass is 9.97. The number of nitrogens with one attached hydrogen (secondary N) is 2. The average molecular weight is 432 g/mol. The zero-order valence-corrected chi connectivity index (χ0v) is 18.0. The molecule has 3 aromatic rings. The van der Waals surface area contributed by atoms with Crippen LogP contribution in [0.4, 0.5) is 0 Å². The molecule has 10 nitrogen and oxygen atoms in total. The molecule has 1 atom stereocenters. The molecule has 2 N–H and O–H groups in total. The maximum Gasteiger partial charge on any atom is 0.256 e. The summed E-state index contributed by atoms with van der Waals surface area (Å²) in [5.41, 5.74) is 3.08. The Morgan fingerprint density at radius 1 is 1.34 bits per heavy atom. The number of hydrogen-bond donors (Lipinski definition) is 2. The van der Waals surface area contributed by atoms with E-state index in [1.54, 1.807) is 28.9 Å². The molecule has 2 amide bonds. The number of likely N-dealkylation sites (tertiary alicyclic amines) is 1. The summed E-state index contributed by atoms with van der Waals surface area (Å²) in [5, 5.41) is 16.0. The Bertz CT molecular complexity index is 1230. The highest BCUT2D eigenvalue weighted by molar-refractivity contribution is 6.06. The lowest BCUT2D eigenvalue weighted by molar-refractivity contribution is -0.133. The van der Waals surface area contributed by atoms with Gasteiger partial charge in [0.1, 0.15) is 11.6 Å². The second-order valence-corrected chi connectivity index (χ2v) is 8.04. The van der Waals surface area contributed by atoms with Crippen molar-refractivity contribution >= 4 is 23.0 Å². The number of amides is 2. The van der Waals surface area contributed by atoms with Crippen LogP contribution in [0.1, 0.15) is 30.1 Å². The predicted octanol–water partition coefficient (Wildman–Crippen LogP) is 1.80. The van der Waals surface area contributed by atoms with E-state index in [0.717, 1.165) is 5.56 Å². The molecule has 1 saturated heterocycles. The molecule has 3 aromatic heterocycles. The number of H-pyrrole nitrogens is 1. The molecular formula is C22H24N8O2. The second-order valence-electron chi connectivity index (χ2n) is 8.04. The zero-order valence-electron chi connectivity index (χ0n) is 18.0. The van der Waals surface area contributed by atoms with Gasteiger partial charge in [-0.15, -0.1) is 0 Å². The van der Waals surface area contributed by atoms with Crippen LogP contribution in [0.15, 0.2) is 36.9 Å². The highest BCUT2D eigenvalue weighted by Gasteiger charge is 2.30. The first-order chi connectivity index (χ1) is 15.4. The Balaban J connectivity index is 1.55. The van der Waals surface area contributed by atoms with Crippen molar-refractivity contribution in [3.63, 3.8) is 0 Å². The molecular weight excluding hydrogens is 408 g/mol. The van der Waals surface area contributed by atoms with Gasteiger partial charge in [0.15, 0.2) is 5.65 Å². The molecule has 32 heavy (non-hydrogen) atoms. The van der Waals surface area contributed by atoms with Gasteiger partial charge in [-0.2, -0.15) is 10.4 Å². The van der Waals surface area contributed by atoms with E-state index in [4.69, 9.17) is 5.26 Å². The summed E-state index contributed by atoms with van der Waals surface area (Å²) in [5.74, 6) is -0.693. The van der Waals surface area contributed by atoms with Crippen LogP contribution in [0, 0.1) is 17.2 Å². The zero-order chi connectivity index (χ0) is 22.8. The van der Waals surface area contributed by atoms with Crippen LogP contribution in [0.5, 0.6) is 0 Å². The fraction of sp³-hybridized carbons (Fsp3) is 0.364. The van der Waals surface area contributed by atoms with Gasteiger partial charge in [-0.25, -0.2) is 9.97 Å². The number of nitrogens with zero attached hydrogens (tertiary/aromatic N) is 6. The first-order valence-corrected chi connectivity index (χ1v) is 10.3. The minimum atomic E-state index is -0.861. The van der Waals surface area contributed by atoms with Crippen LogP contribution in [0.2, 0.25) is 0 Å². The number of nitriles is 1. The molecule has 0 aromatic carbocycles. The molecule has 164 valence electrons. The smallest absolute Gasteiger partial charge is 0.256 e. The van der Waals surface area contributed by atoms with Crippen molar-refractivity contribution in [2.24, 2.45) is 13.0 Å². The van der Waals surface area contributed by atoms with Crippen LogP contribution in [-0.4, -0.2) is 60.6 Å². The summed E-state index contributed by atoms with van der Waals surface area (Å²) < 4.78 is 1.66. The van der Waals surface area contributed by atoms with E-state index in [1.165, 1.54) is 6.20 Å². The van der Waals surface area contributed by atoms with E-state index in [2.05, 4.69) is 38.0 Å². The van der Waals surface area contributed by atoms with Crippen LogP contribution >= 0.6 is 0 Å². The quantitative estimate of drug-likeness (QED) is 0.591. The lowest BCUT2D eigenvalue weighted by Crippen LogP contribution is -2.51. The normalized spacial score (nSPS) is 15.3. The lowest BCUT2D eigenvalue weighted by Gasteiger charge is -2.32. The van der Waals surface area contributed by atoms with Crippen molar-refractivity contribution in [3.8, 4) is 17.3 Å². The maximum absolute atomic E-state index is 13.1. The number of hydrogen-bond acceptors (Lipinski definition) is 6. The summed E-state index contributed by atoms with van der Waals surface area (Å²) >= 11 is 0. The van der Waals surface area contributed by atoms with Gasteiger partial charge in [0, 0.05) is 44.0 Å². The highest BCUT2D eigenvalue weighted by atomic mass is 16.2. The van der Waals surface area contributed by atoms with E-state index < -0.39 is 11.9 Å². The van der Waals surface area contributed by atoms with Gasteiger partial charge in [0.2, 0.25) is 5.91 Å². The number of rotatable bonds is 5. The molecule has 10 heteroatoms. The minimum absolute atomic E-state index is 0.0317. The summed E-state index contributed by atoms with van der Waals surface area (Å²) in [4.78, 5) is 39.8. The van der Waals surface area contributed by atoms with Gasteiger partial charge in [-0.1, -0.05) is 6.58 Å². The molecule has 0 radical (unpaired) electrons. The monoisotopic (exact) mass is 432 g/mol. The number of piperidine rings is 1. The summed E-state index contributed by atoms with van der Waals surface area (Å²) in [6, 6.07) is 1.39. The van der Waals surface area contributed by atoms with E-state index >= 15 is 0 Å². The Morgan fingerprint density at radius 3 is 2.72 bits per heavy atom. The van der Waals surface area contributed by atoms with Crippen molar-refractivity contribution in [1.29, 1.82) is 5.26 Å². The summed E-state index contributed by atoms with van der Waals surface area (Å²) in [6.45, 7) is 6.58. The molecule has 4 rings (SSSR count). The molecule has 1 aliphatic rings. The van der Waals surface area contributed by atoms with Gasteiger partial charge in [-0.3, -0.25) is 14.3 Å². The van der Waals surface area contributed by atoms with Crippen LogP contribution in [0.25, 0.3) is 22.4 Å². The molecule has 0 spiro atoms. The van der Waals surface area contributed by atoms with Crippen molar-refractivity contribution in [3.05, 3.63) is 42.5 Å². The molecule has 0 unspecified atom stereocenters. The fourth-order valence-corrected chi connectivity index (χ4v) is 3.77. The van der Waals surface area contributed by atoms with Crippen molar-refractivity contribution in [1.82, 2.24) is 34.9 Å². The van der Waals surface area contributed by atoms with Crippen LogP contribution in [-0.2, 0) is 11.8 Å². The maximum atomic E-state index is 13.1. The third kappa shape index (κ3) is 4.09. The second kappa shape index (κ2) is 8.63. The molecule has 4 heterocycles. The average Bonchev–Trinajstić information content (AvgIpc) is 3.42. The molecule has 0 aliphatic carbocycles. The Morgan fingerprint density at radius 2 is 2.09 bits per heavy atom. The Kier molecular flexibility index (Phi) is 5.73. The third-order valence-electron chi connectivity index (χ3n) is 5.63. The number of carbonyl (C=O) groups excluding carboxylic acids is 2. The summed E-state index contributed by atoms with van der Waals surface area (Å²) in [7, 11) is 1.81. The van der Waals surface area contributed by atoms with Crippen molar-refractivity contribution in [2.75, 3.05) is 13.1 Å². The van der Waals surface area contributed by atoms with Gasteiger partial charge >= 0.3 is 0 Å². The van der Waals surface area contributed by atoms with Gasteiger partial charge in [0.05, 0.1) is 29.7 Å². The Hall–Kier alpha value is -4.00. The van der Waals surface area contributed by atoms with Crippen molar-refractivity contribution in [2.45, 2.75) is 25.8 Å². The third-order valence-corrected chi connectivity index (χ3v) is 5.63. The molecule has 0 bridgehead atoms. The topological polar surface area (TPSA) is 133 Å². The van der Waals surface area contributed by atoms with E-state index in [9.17, 15) is 9.59 Å². The fourth-order valence-electron chi connectivity index (χ4n) is 3.77. The number of aromatic amines is 1. The van der Waals surface area contributed by atoms with E-state index in [-0.39, 0.29) is 11.8 Å². The number of fused-ring (bicyclic) bond motifs is 1. The van der Waals surface area contributed by atoms with E-state index in [1.807, 2.05) is 13.2 Å². The van der Waals surface area contributed by atoms with Crippen LogP contribution in [0.3, 0.4) is 0 Å². The highest BCUT2D eigenvalue weighted by Crippen LogP contribution is 2.22. The molecule has 0 saturated carbocycles. The van der Waals surface area contributed by atoms with Crippen LogP contribution < -0.4 is 5.32 Å². The molecule has 1 fully saturated rings. The SMILES string of the molecule is C=C(C)[C@@H](NC(=O)c1c[nH]c2ncc(-c3cnn(C)c3)nc12)C(=O)N1CCC(C#N)CC1. The summed E-state index contributed by atoms with van der Waals surface area (Å²) in [6.07, 6.45) is 7.90. The van der Waals surface area contributed by atoms with Crippen molar-refractivity contribution < 1.29 is 9.59 Å². The first-order valence-electron chi connectivity index (χ1n) is 10.3.